The fraction of sp³-hybridized carbons (Fsp3) is 1.00. The van der Waals surface area contributed by atoms with Crippen LogP contribution in [0.25, 0.3) is 0 Å². The van der Waals surface area contributed by atoms with E-state index in [0.717, 1.165) is 19.4 Å². The second-order valence-electron chi connectivity index (χ2n) is 5.65. The van der Waals surface area contributed by atoms with E-state index in [9.17, 15) is 0 Å². The van der Waals surface area contributed by atoms with Crippen molar-refractivity contribution < 1.29 is 9.47 Å². The van der Waals surface area contributed by atoms with Crippen molar-refractivity contribution in [3.05, 3.63) is 0 Å². The first-order chi connectivity index (χ1) is 8.83. The van der Waals surface area contributed by atoms with E-state index in [1.165, 1.54) is 57.8 Å². The number of hydrogen-bond donors (Lipinski definition) is 0. The zero-order chi connectivity index (χ0) is 13.1. The molecule has 0 saturated carbocycles. The molecular weight excluding hydrogens is 224 g/mol. The molecular formula is C16H32O2. The maximum Gasteiger partial charge on any atom is 0.157 e. The Balaban J connectivity index is 1.80. The van der Waals surface area contributed by atoms with Gasteiger partial charge in [0.25, 0.3) is 0 Å². The van der Waals surface area contributed by atoms with Crippen molar-refractivity contribution in [1.29, 1.82) is 0 Å². The Kier molecular flexibility index (Phi) is 9.59. The van der Waals surface area contributed by atoms with Crippen LogP contribution in [-0.2, 0) is 9.47 Å². The van der Waals surface area contributed by atoms with Crippen molar-refractivity contribution in [2.45, 2.75) is 96.9 Å². The van der Waals surface area contributed by atoms with Crippen molar-refractivity contribution in [3.8, 4) is 0 Å². The summed E-state index contributed by atoms with van der Waals surface area (Å²) in [7, 11) is 0. The lowest BCUT2D eigenvalue weighted by Gasteiger charge is -2.28. The molecule has 0 aromatic rings. The minimum atomic E-state index is 0.0818. The zero-order valence-electron chi connectivity index (χ0n) is 12.5. The molecule has 1 saturated heterocycles. The molecule has 0 radical (unpaired) electrons. The highest BCUT2D eigenvalue weighted by molar-refractivity contribution is 4.59. The van der Waals surface area contributed by atoms with Crippen LogP contribution in [-0.4, -0.2) is 19.0 Å². The largest absolute Gasteiger partial charge is 0.353 e. The average Bonchev–Trinajstić information content (AvgIpc) is 2.37. The van der Waals surface area contributed by atoms with Gasteiger partial charge in [-0.15, -0.1) is 0 Å². The Hall–Kier alpha value is -0.0800. The molecule has 108 valence electrons. The van der Waals surface area contributed by atoms with Crippen molar-refractivity contribution in [1.82, 2.24) is 0 Å². The van der Waals surface area contributed by atoms with Gasteiger partial charge in [0.2, 0.25) is 0 Å². The van der Waals surface area contributed by atoms with Crippen molar-refractivity contribution in [3.63, 3.8) is 0 Å². The van der Waals surface area contributed by atoms with Crippen LogP contribution in [0.15, 0.2) is 0 Å². The lowest BCUT2D eigenvalue weighted by atomic mass is 10.1. The molecule has 0 N–H and O–H groups in total. The lowest BCUT2D eigenvalue weighted by molar-refractivity contribution is -0.210. The van der Waals surface area contributed by atoms with Gasteiger partial charge in [0.15, 0.2) is 6.29 Å². The van der Waals surface area contributed by atoms with Crippen LogP contribution in [0.4, 0.5) is 0 Å². The van der Waals surface area contributed by atoms with Crippen LogP contribution >= 0.6 is 0 Å². The molecule has 1 rings (SSSR count). The second-order valence-corrected chi connectivity index (χ2v) is 5.65. The third-order valence-electron chi connectivity index (χ3n) is 3.76. The molecule has 1 aliphatic rings. The van der Waals surface area contributed by atoms with Crippen LogP contribution in [0.1, 0.15) is 84.5 Å². The zero-order valence-corrected chi connectivity index (χ0v) is 12.5. The summed E-state index contributed by atoms with van der Waals surface area (Å²) in [5, 5.41) is 0. The summed E-state index contributed by atoms with van der Waals surface area (Å²) in [6.45, 7) is 5.30. The summed E-state index contributed by atoms with van der Waals surface area (Å²) < 4.78 is 11.3. The number of rotatable bonds is 10. The Morgan fingerprint density at radius 2 is 1.50 bits per heavy atom. The molecule has 0 unspecified atom stereocenters. The normalized spacial score (nSPS) is 24.3. The summed E-state index contributed by atoms with van der Waals surface area (Å²) in [6, 6.07) is 0. The summed E-state index contributed by atoms with van der Waals surface area (Å²) >= 11 is 0. The minimum absolute atomic E-state index is 0.0818. The van der Waals surface area contributed by atoms with Gasteiger partial charge in [-0.2, -0.15) is 0 Å². The molecule has 0 spiro atoms. The van der Waals surface area contributed by atoms with E-state index in [1.54, 1.807) is 0 Å². The maximum absolute atomic E-state index is 5.74. The standard InChI is InChI=1S/C16H32O2/c1-3-4-5-6-7-8-9-10-11-12-16-17-14-13-15(2)18-16/h15-16H,3-14H2,1-2H3/t15-,16-/m0/s1. The molecule has 2 heteroatoms. The summed E-state index contributed by atoms with van der Waals surface area (Å²) in [4.78, 5) is 0. The molecule has 1 fully saturated rings. The van der Waals surface area contributed by atoms with Crippen molar-refractivity contribution >= 4 is 0 Å². The molecule has 18 heavy (non-hydrogen) atoms. The van der Waals surface area contributed by atoms with Gasteiger partial charge in [-0.25, -0.2) is 0 Å². The first kappa shape index (κ1) is 16.0. The van der Waals surface area contributed by atoms with Crippen LogP contribution < -0.4 is 0 Å². The van der Waals surface area contributed by atoms with E-state index >= 15 is 0 Å². The van der Waals surface area contributed by atoms with Crippen LogP contribution in [0.3, 0.4) is 0 Å². The van der Waals surface area contributed by atoms with Gasteiger partial charge in [0.1, 0.15) is 0 Å². The van der Waals surface area contributed by atoms with Gasteiger partial charge in [-0.3, -0.25) is 0 Å². The fourth-order valence-electron chi connectivity index (χ4n) is 2.50. The SMILES string of the molecule is CCCCCCCCCCC[C@H]1OCC[C@H](C)O1. The maximum atomic E-state index is 5.74. The van der Waals surface area contributed by atoms with Gasteiger partial charge in [-0.05, 0) is 26.2 Å². The van der Waals surface area contributed by atoms with Gasteiger partial charge in [0, 0.05) is 0 Å². The third-order valence-corrected chi connectivity index (χ3v) is 3.76. The van der Waals surface area contributed by atoms with Crippen molar-refractivity contribution in [2.75, 3.05) is 6.61 Å². The van der Waals surface area contributed by atoms with Crippen LogP contribution in [0.2, 0.25) is 0 Å². The number of hydrogen-bond acceptors (Lipinski definition) is 2. The first-order valence-electron chi connectivity index (χ1n) is 8.10. The Morgan fingerprint density at radius 3 is 2.11 bits per heavy atom. The molecule has 2 nitrogen and oxygen atoms in total. The topological polar surface area (TPSA) is 18.5 Å². The molecule has 1 aliphatic heterocycles. The Labute approximate surface area is 113 Å². The monoisotopic (exact) mass is 256 g/mol. The predicted octanol–water partition coefficient (Wildman–Crippen LogP) is 5.06. The minimum Gasteiger partial charge on any atom is -0.353 e. The van der Waals surface area contributed by atoms with Gasteiger partial charge >= 0.3 is 0 Å². The van der Waals surface area contributed by atoms with E-state index in [0.29, 0.717) is 6.10 Å². The quantitative estimate of drug-likeness (QED) is 0.509. The fourth-order valence-corrected chi connectivity index (χ4v) is 2.50. The Morgan fingerprint density at radius 1 is 0.889 bits per heavy atom. The summed E-state index contributed by atoms with van der Waals surface area (Å²) in [6.07, 6.45) is 15.0. The lowest BCUT2D eigenvalue weighted by Crippen LogP contribution is -2.30. The summed E-state index contributed by atoms with van der Waals surface area (Å²) in [5.41, 5.74) is 0. The number of ether oxygens (including phenoxy) is 2. The van der Waals surface area contributed by atoms with E-state index < -0.39 is 0 Å². The summed E-state index contributed by atoms with van der Waals surface area (Å²) in [5.74, 6) is 0. The molecule has 0 amide bonds. The molecule has 1 heterocycles. The van der Waals surface area contributed by atoms with Crippen LogP contribution in [0.5, 0.6) is 0 Å². The molecule has 0 bridgehead atoms. The average molecular weight is 256 g/mol. The molecule has 2 atom stereocenters. The highest BCUT2D eigenvalue weighted by Gasteiger charge is 2.18. The van der Waals surface area contributed by atoms with Gasteiger partial charge < -0.3 is 9.47 Å². The third kappa shape index (κ3) is 8.10. The molecule has 0 aliphatic carbocycles. The van der Waals surface area contributed by atoms with E-state index in [1.807, 2.05) is 0 Å². The highest BCUT2D eigenvalue weighted by atomic mass is 16.7. The van der Waals surface area contributed by atoms with Gasteiger partial charge in [-0.1, -0.05) is 58.3 Å². The van der Waals surface area contributed by atoms with Crippen LogP contribution in [0, 0.1) is 0 Å². The van der Waals surface area contributed by atoms with Crippen molar-refractivity contribution in [2.24, 2.45) is 0 Å². The predicted molar refractivity (Wildman–Crippen MR) is 76.7 cm³/mol. The van der Waals surface area contributed by atoms with E-state index in [4.69, 9.17) is 9.47 Å². The second kappa shape index (κ2) is 10.8. The van der Waals surface area contributed by atoms with E-state index in [-0.39, 0.29) is 6.29 Å². The first-order valence-corrected chi connectivity index (χ1v) is 8.10. The number of unbranched alkanes of at least 4 members (excludes halogenated alkanes) is 8. The molecule has 0 aromatic heterocycles. The van der Waals surface area contributed by atoms with Gasteiger partial charge in [0.05, 0.1) is 12.7 Å². The molecule has 0 aromatic carbocycles. The Bertz CT molecular complexity index is 182. The van der Waals surface area contributed by atoms with E-state index in [2.05, 4.69) is 13.8 Å². The smallest absolute Gasteiger partial charge is 0.157 e. The highest BCUT2D eigenvalue weighted by Crippen LogP contribution is 2.18.